The van der Waals surface area contributed by atoms with E-state index in [1.165, 1.54) is 5.69 Å². The smallest absolute Gasteiger partial charge is 0.230 e. The van der Waals surface area contributed by atoms with Crippen molar-refractivity contribution in [3.63, 3.8) is 0 Å². The van der Waals surface area contributed by atoms with Gasteiger partial charge in [0.2, 0.25) is 5.91 Å². The van der Waals surface area contributed by atoms with Crippen molar-refractivity contribution in [3.8, 4) is 0 Å². The van der Waals surface area contributed by atoms with E-state index in [4.69, 9.17) is 5.11 Å². The van der Waals surface area contributed by atoms with Crippen LogP contribution in [0.2, 0.25) is 0 Å². The Labute approximate surface area is 140 Å². The lowest BCUT2D eigenvalue weighted by molar-refractivity contribution is -0.133. The fourth-order valence-corrected chi connectivity index (χ4v) is 4.08. The van der Waals surface area contributed by atoms with Gasteiger partial charge in [0.25, 0.3) is 0 Å². The zero-order chi connectivity index (χ0) is 16.2. The molecule has 0 spiro atoms. The molecule has 0 saturated carbocycles. The number of nitrogens with zero attached hydrogens (tertiary/aromatic N) is 3. The zero-order valence-corrected chi connectivity index (χ0v) is 14.2. The van der Waals surface area contributed by atoms with Gasteiger partial charge in [-0.3, -0.25) is 9.48 Å². The van der Waals surface area contributed by atoms with Gasteiger partial charge < -0.3 is 10.0 Å². The Morgan fingerprint density at radius 3 is 2.87 bits per heavy atom. The average Bonchev–Trinajstić information content (AvgIpc) is 3.26. The fraction of sp³-hybridized carbons (Fsp3) is 0.529. The lowest BCUT2D eigenvalue weighted by atomic mass is 9.92. The second-order valence-electron chi connectivity index (χ2n) is 6.04. The molecule has 3 heterocycles. The van der Waals surface area contributed by atoms with Crippen molar-refractivity contribution in [2.75, 3.05) is 19.7 Å². The van der Waals surface area contributed by atoms with Crippen molar-refractivity contribution in [2.24, 2.45) is 0 Å². The van der Waals surface area contributed by atoms with Gasteiger partial charge >= 0.3 is 0 Å². The first-order chi connectivity index (χ1) is 11.2. The van der Waals surface area contributed by atoms with Crippen molar-refractivity contribution in [1.29, 1.82) is 0 Å². The molecular formula is C17H23N3O2S. The quantitative estimate of drug-likeness (QED) is 0.914. The van der Waals surface area contributed by atoms with Crippen LogP contribution in [-0.2, 0) is 11.3 Å². The third-order valence-corrected chi connectivity index (χ3v) is 5.68. The molecule has 2 aromatic rings. The number of hydrogen-bond acceptors (Lipinski definition) is 4. The van der Waals surface area contributed by atoms with Gasteiger partial charge in [-0.05, 0) is 37.3 Å². The molecule has 0 radical (unpaired) electrons. The minimum atomic E-state index is -0.0496. The van der Waals surface area contributed by atoms with Gasteiger partial charge in [0.05, 0.1) is 19.1 Å². The standard InChI is InChI=1S/C17H23N3O2S/c1-13(16-3-2-12-23-16)17(22)19-8-5-14(6-9-19)15-4-7-18-20(15)10-11-21/h2-4,7,12-14,21H,5-6,8-11H2,1H3. The van der Waals surface area contributed by atoms with Gasteiger partial charge in [0.1, 0.15) is 0 Å². The Bertz CT molecular complexity index is 630. The zero-order valence-electron chi connectivity index (χ0n) is 13.4. The van der Waals surface area contributed by atoms with Crippen molar-refractivity contribution in [3.05, 3.63) is 40.3 Å². The Morgan fingerprint density at radius 1 is 1.43 bits per heavy atom. The molecule has 1 atom stereocenters. The highest BCUT2D eigenvalue weighted by molar-refractivity contribution is 7.10. The Morgan fingerprint density at radius 2 is 2.22 bits per heavy atom. The van der Waals surface area contributed by atoms with E-state index in [1.807, 2.05) is 40.1 Å². The highest BCUT2D eigenvalue weighted by Crippen LogP contribution is 2.30. The number of carbonyl (C=O) groups is 1. The SMILES string of the molecule is CC(C(=O)N1CCC(c2ccnn2CCO)CC1)c1cccs1. The van der Waals surface area contributed by atoms with E-state index in [2.05, 4.69) is 5.10 Å². The van der Waals surface area contributed by atoms with Crippen LogP contribution in [0, 0.1) is 0 Å². The molecule has 23 heavy (non-hydrogen) atoms. The van der Waals surface area contributed by atoms with Crippen LogP contribution in [0.5, 0.6) is 0 Å². The van der Waals surface area contributed by atoms with Crippen LogP contribution < -0.4 is 0 Å². The molecule has 1 amide bonds. The number of aromatic nitrogens is 2. The average molecular weight is 333 g/mol. The molecule has 1 unspecified atom stereocenters. The van der Waals surface area contributed by atoms with Crippen LogP contribution in [0.3, 0.4) is 0 Å². The topological polar surface area (TPSA) is 58.4 Å². The van der Waals surface area contributed by atoms with E-state index >= 15 is 0 Å². The monoisotopic (exact) mass is 333 g/mol. The number of aliphatic hydroxyl groups is 1. The van der Waals surface area contributed by atoms with Gasteiger partial charge in [0, 0.05) is 35.8 Å². The van der Waals surface area contributed by atoms with E-state index in [9.17, 15) is 4.79 Å². The molecule has 1 saturated heterocycles. The molecular weight excluding hydrogens is 310 g/mol. The van der Waals surface area contributed by atoms with Crippen LogP contribution in [0.15, 0.2) is 29.8 Å². The maximum Gasteiger partial charge on any atom is 0.230 e. The number of hydrogen-bond donors (Lipinski definition) is 1. The predicted molar refractivity (Wildman–Crippen MR) is 90.6 cm³/mol. The van der Waals surface area contributed by atoms with Gasteiger partial charge in [-0.2, -0.15) is 5.10 Å². The molecule has 1 fully saturated rings. The molecule has 6 heteroatoms. The van der Waals surface area contributed by atoms with Crippen molar-refractivity contribution in [1.82, 2.24) is 14.7 Å². The lowest BCUT2D eigenvalue weighted by Crippen LogP contribution is -2.40. The molecule has 124 valence electrons. The summed E-state index contributed by atoms with van der Waals surface area (Å²) in [6.45, 7) is 4.23. The Kier molecular flexibility index (Phi) is 5.13. The number of thiophene rings is 1. The molecule has 0 aromatic carbocycles. The molecule has 1 N–H and O–H groups in total. The molecule has 1 aliphatic heterocycles. The molecule has 0 bridgehead atoms. The van der Waals surface area contributed by atoms with Crippen LogP contribution in [-0.4, -0.2) is 45.4 Å². The summed E-state index contributed by atoms with van der Waals surface area (Å²) >= 11 is 1.65. The summed E-state index contributed by atoms with van der Waals surface area (Å²) < 4.78 is 1.89. The number of likely N-dealkylation sites (tertiary alicyclic amines) is 1. The van der Waals surface area contributed by atoms with Gasteiger partial charge in [-0.15, -0.1) is 11.3 Å². The Hall–Kier alpha value is -1.66. The number of rotatable bonds is 5. The summed E-state index contributed by atoms with van der Waals surface area (Å²) in [6.07, 6.45) is 3.71. The second-order valence-corrected chi connectivity index (χ2v) is 7.02. The van der Waals surface area contributed by atoms with Crippen LogP contribution in [0.1, 0.15) is 42.2 Å². The first-order valence-corrected chi connectivity index (χ1v) is 9.03. The first kappa shape index (κ1) is 16.2. The molecule has 2 aromatic heterocycles. The highest BCUT2D eigenvalue weighted by Gasteiger charge is 2.28. The summed E-state index contributed by atoms with van der Waals surface area (Å²) in [5, 5.41) is 15.4. The van der Waals surface area contributed by atoms with Crippen LogP contribution in [0.25, 0.3) is 0 Å². The van der Waals surface area contributed by atoms with Gasteiger partial charge in [-0.1, -0.05) is 6.07 Å². The third kappa shape index (κ3) is 3.48. The van der Waals surface area contributed by atoms with E-state index < -0.39 is 0 Å². The minimum absolute atomic E-state index is 0.0496. The molecule has 1 aliphatic rings. The van der Waals surface area contributed by atoms with Gasteiger partial charge in [0.15, 0.2) is 0 Å². The molecule has 0 aliphatic carbocycles. The van der Waals surface area contributed by atoms with Gasteiger partial charge in [-0.25, -0.2) is 0 Å². The maximum absolute atomic E-state index is 12.6. The normalized spacial score (nSPS) is 17.4. The third-order valence-electron chi connectivity index (χ3n) is 4.63. The summed E-state index contributed by atoms with van der Waals surface area (Å²) in [5.41, 5.74) is 1.18. The largest absolute Gasteiger partial charge is 0.394 e. The summed E-state index contributed by atoms with van der Waals surface area (Å²) in [7, 11) is 0. The van der Waals surface area contributed by atoms with E-state index in [-0.39, 0.29) is 18.4 Å². The van der Waals surface area contributed by atoms with Crippen molar-refractivity contribution >= 4 is 17.2 Å². The summed E-state index contributed by atoms with van der Waals surface area (Å²) in [5.74, 6) is 0.603. The van der Waals surface area contributed by atoms with E-state index in [0.29, 0.717) is 12.5 Å². The fourth-order valence-electron chi connectivity index (χ4n) is 3.30. The van der Waals surface area contributed by atoms with Crippen molar-refractivity contribution in [2.45, 2.75) is 38.1 Å². The summed E-state index contributed by atoms with van der Waals surface area (Å²) in [4.78, 5) is 15.8. The lowest BCUT2D eigenvalue weighted by Gasteiger charge is -2.33. The van der Waals surface area contributed by atoms with Crippen LogP contribution >= 0.6 is 11.3 Å². The number of amides is 1. The van der Waals surface area contributed by atoms with E-state index in [1.54, 1.807) is 17.5 Å². The van der Waals surface area contributed by atoms with Crippen molar-refractivity contribution < 1.29 is 9.90 Å². The predicted octanol–water partition coefficient (Wildman–Crippen LogP) is 2.45. The molecule has 5 nitrogen and oxygen atoms in total. The summed E-state index contributed by atoms with van der Waals surface area (Å²) in [6, 6.07) is 6.07. The van der Waals surface area contributed by atoms with E-state index in [0.717, 1.165) is 30.8 Å². The second kappa shape index (κ2) is 7.27. The van der Waals surface area contributed by atoms with Crippen LogP contribution in [0.4, 0.5) is 0 Å². The molecule has 3 rings (SSSR count). The number of piperidine rings is 1. The maximum atomic E-state index is 12.6. The Balaban J connectivity index is 1.60. The highest BCUT2D eigenvalue weighted by atomic mass is 32.1. The number of carbonyl (C=O) groups excluding carboxylic acids is 1. The minimum Gasteiger partial charge on any atom is -0.394 e. The first-order valence-electron chi connectivity index (χ1n) is 8.15. The number of aliphatic hydroxyl groups excluding tert-OH is 1.